The number of carbonyl (C=O) groups excluding carboxylic acids is 2. The maximum Gasteiger partial charge on any atom is 0.264 e. The van der Waals surface area contributed by atoms with Crippen molar-refractivity contribution in [1.29, 1.82) is 0 Å². The molecule has 3 rings (SSSR count). The average molecular weight is 574 g/mol. The van der Waals surface area contributed by atoms with Crippen LogP contribution in [0.15, 0.2) is 88.2 Å². The van der Waals surface area contributed by atoms with Gasteiger partial charge in [0.2, 0.25) is 11.8 Å². The molecule has 10 heteroatoms. The fourth-order valence-corrected chi connectivity index (χ4v) is 5.50. The van der Waals surface area contributed by atoms with Crippen molar-refractivity contribution >= 4 is 43.5 Å². The Hall–Kier alpha value is -3.37. The van der Waals surface area contributed by atoms with E-state index in [0.717, 1.165) is 14.3 Å². The predicted molar refractivity (Wildman–Crippen MR) is 142 cm³/mol. The molecular weight excluding hydrogens is 546 g/mol. The van der Waals surface area contributed by atoms with Crippen LogP contribution in [0.3, 0.4) is 0 Å². The Bertz CT molecular complexity index is 1300. The number of ether oxygens (including phenoxy) is 1. The van der Waals surface area contributed by atoms with E-state index in [0.29, 0.717) is 11.4 Å². The van der Waals surface area contributed by atoms with Crippen molar-refractivity contribution in [2.45, 2.75) is 24.4 Å². The molecule has 0 aliphatic heterocycles. The van der Waals surface area contributed by atoms with Gasteiger partial charge in [0.15, 0.2) is 0 Å². The van der Waals surface area contributed by atoms with Gasteiger partial charge in [-0.2, -0.15) is 0 Å². The molecule has 190 valence electrons. The molecule has 0 aliphatic rings. The molecule has 0 aromatic heterocycles. The molecule has 3 aromatic carbocycles. The van der Waals surface area contributed by atoms with Crippen LogP contribution in [0.2, 0.25) is 0 Å². The van der Waals surface area contributed by atoms with Crippen LogP contribution in [0.4, 0.5) is 5.69 Å². The van der Waals surface area contributed by atoms with Crippen molar-refractivity contribution in [2.24, 2.45) is 0 Å². The highest BCUT2D eigenvalue weighted by Gasteiger charge is 2.32. The number of halogens is 1. The van der Waals surface area contributed by atoms with Crippen molar-refractivity contribution in [3.63, 3.8) is 0 Å². The minimum absolute atomic E-state index is 0.0477. The molecule has 0 saturated heterocycles. The molecule has 0 unspecified atom stereocenters. The molecule has 8 nitrogen and oxygen atoms in total. The number of nitrogens with one attached hydrogen (secondary N) is 1. The van der Waals surface area contributed by atoms with Gasteiger partial charge in [0, 0.05) is 18.1 Å². The van der Waals surface area contributed by atoms with Crippen LogP contribution >= 0.6 is 15.9 Å². The zero-order valence-corrected chi connectivity index (χ0v) is 22.6. The van der Waals surface area contributed by atoms with E-state index in [9.17, 15) is 18.0 Å². The van der Waals surface area contributed by atoms with Crippen LogP contribution in [0.1, 0.15) is 12.5 Å². The summed E-state index contributed by atoms with van der Waals surface area (Å²) >= 11 is 3.42. The van der Waals surface area contributed by atoms with E-state index in [1.165, 1.54) is 31.2 Å². The SMILES string of the molecule is CNC(=O)[C@@H](C)N(Cc1cccc(Br)c1)C(=O)CN(c1ccc(OC)cc1)S(=O)(=O)c1ccccc1. The molecule has 0 spiro atoms. The Balaban J connectivity index is 2.02. The van der Waals surface area contributed by atoms with Crippen molar-refractivity contribution in [3.05, 3.63) is 88.9 Å². The summed E-state index contributed by atoms with van der Waals surface area (Å²) in [6.07, 6.45) is 0. The van der Waals surface area contributed by atoms with E-state index in [1.54, 1.807) is 49.4 Å². The average Bonchev–Trinajstić information content (AvgIpc) is 2.90. The molecule has 1 N–H and O–H groups in total. The standard InChI is InChI=1S/C26H28BrN3O5S/c1-19(26(32)28-2)29(17-20-8-7-9-21(27)16-20)25(31)18-30(22-12-14-23(35-3)15-13-22)36(33,34)24-10-5-4-6-11-24/h4-16,19H,17-18H2,1-3H3,(H,28,32)/t19-/m1/s1. The van der Waals surface area contributed by atoms with Gasteiger partial charge >= 0.3 is 0 Å². The second kappa shape index (κ2) is 12.0. The van der Waals surface area contributed by atoms with E-state index in [-0.39, 0.29) is 17.3 Å². The molecule has 0 bridgehead atoms. The predicted octanol–water partition coefficient (Wildman–Crippen LogP) is 3.82. The van der Waals surface area contributed by atoms with Gasteiger partial charge in [0.1, 0.15) is 18.3 Å². The summed E-state index contributed by atoms with van der Waals surface area (Å²) in [7, 11) is -1.10. The second-order valence-corrected chi connectivity index (χ2v) is 10.7. The third-order valence-electron chi connectivity index (χ3n) is 5.63. The molecule has 0 aliphatic carbocycles. The summed E-state index contributed by atoms with van der Waals surface area (Å²) in [5, 5.41) is 2.56. The van der Waals surface area contributed by atoms with Crippen LogP contribution in [-0.2, 0) is 26.2 Å². The normalized spacial score (nSPS) is 11.9. The molecule has 0 heterocycles. The lowest BCUT2D eigenvalue weighted by Crippen LogP contribution is -2.50. The largest absolute Gasteiger partial charge is 0.497 e. The number of sulfonamides is 1. The number of benzene rings is 3. The maximum atomic E-state index is 13.7. The number of anilines is 1. The van der Waals surface area contributed by atoms with Gasteiger partial charge in [-0.3, -0.25) is 13.9 Å². The Morgan fingerprint density at radius 3 is 2.25 bits per heavy atom. The molecule has 0 saturated carbocycles. The fourth-order valence-electron chi connectivity index (χ4n) is 3.62. The Morgan fingerprint density at radius 1 is 1.00 bits per heavy atom. The van der Waals surface area contributed by atoms with Gasteiger partial charge in [0.05, 0.1) is 17.7 Å². The smallest absolute Gasteiger partial charge is 0.264 e. The van der Waals surface area contributed by atoms with E-state index in [2.05, 4.69) is 21.2 Å². The first kappa shape index (κ1) is 27.2. The number of hydrogen-bond acceptors (Lipinski definition) is 5. The third kappa shape index (κ3) is 6.44. The number of rotatable bonds is 10. The number of amides is 2. The summed E-state index contributed by atoms with van der Waals surface area (Å²) in [4.78, 5) is 27.6. The number of hydrogen-bond donors (Lipinski definition) is 1. The molecule has 36 heavy (non-hydrogen) atoms. The van der Waals surface area contributed by atoms with Crippen molar-refractivity contribution in [3.8, 4) is 5.75 Å². The summed E-state index contributed by atoms with van der Waals surface area (Å²) in [6, 6.07) is 20.8. The van der Waals surface area contributed by atoms with Crippen molar-refractivity contribution in [2.75, 3.05) is 25.0 Å². The fraction of sp³-hybridized carbons (Fsp3) is 0.231. The van der Waals surface area contributed by atoms with Crippen molar-refractivity contribution in [1.82, 2.24) is 10.2 Å². The van der Waals surface area contributed by atoms with Gasteiger partial charge in [0.25, 0.3) is 10.0 Å². The summed E-state index contributed by atoms with van der Waals surface area (Å²) in [5.74, 6) is -0.340. The number of methoxy groups -OCH3 is 1. The summed E-state index contributed by atoms with van der Waals surface area (Å²) in [5.41, 5.74) is 1.08. The molecule has 0 fully saturated rings. The molecular formula is C26H28BrN3O5S. The Labute approximate surface area is 220 Å². The minimum atomic E-state index is -4.10. The van der Waals surface area contributed by atoms with E-state index < -0.39 is 28.5 Å². The van der Waals surface area contributed by atoms with Crippen LogP contribution < -0.4 is 14.4 Å². The quantitative estimate of drug-likeness (QED) is 0.398. The lowest BCUT2D eigenvalue weighted by molar-refractivity contribution is -0.139. The first-order chi connectivity index (χ1) is 17.2. The van der Waals surface area contributed by atoms with Gasteiger partial charge in [-0.05, 0) is 61.0 Å². The second-order valence-electron chi connectivity index (χ2n) is 7.96. The number of likely N-dealkylation sites (N-methyl/N-ethyl adjacent to an activating group) is 1. The van der Waals surface area contributed by atoms with Crippen LogP contribution in [0.5, 0.6) is 5.75 Å². The Kier molecular flexibility index (Phi) is 9.11. The van der Waals surface area contributed by atoms with Crippen LogP contribution in [-0.4, -0.2) is 51.9 Å². The lowest BCUT2D eigenvalue weighted by Gasteiger charge is -2.31. The van der Waals surface area contributed by atoms with E-state index in [1.807, 2.05) is 24.3 Å². The number of carbonyl (C=O) groups is 2. The van der Waals surface area contributed by atoms with Gasteiger partial charge in [-0.1, -0.05) is 46.3 Å². The maximum absolute atomic E-state index is 13.7. The molecule has 3 aromatic rings. The summed E-state index contributed by atoms with van der Waals surface area (Å²) in [6.45, 7) is 1.23. The third-order valence-corrected chi connectivity index (χ3v) is 7.91. The molecule has 1 atom stereocenters. The monoisotopic (exact) mass is 573 g/mol. The summed E-state index contributed by atoms with van der Waals surface area (Å²) < 4.78 is 34.4. The Morgan fingerprint density at radius 2 is 1.67 bits per heavy atom. The minimum Gasteiger partial charge on any atom is -0.497 e. The van der Waals surface area contributed by atoms with E-state index in [4.69, 9.17) is 4.74 Å². The van der Waals surface area contributed by atoms with Gasteiger partial charge in [-0.25, -0.2) is 8.42 Å². The molecule has 2 amide bonds. The number of nitrogens with zero attached hydrogens (tertiary/aromatic N) is 2. The first-order valence-corrected chi connectivity index (χ1v) is 13.4. The zero-order chi connectivity index (χ0) is 26.3. The first-order valence-electron chi connectivity index (χ1n) is 11.1. The van der Waals surface area contributed by atoms with Crippen LogP contribution in [0, 0.1) is 0 Å². The topological polar surface area (TPSA) is 96.0 Å². The van der Waals surface area contributed by atoms with Crippen LogP contribution in [0.25, 0.3) is 0 Å². The van der Waals surface area contributed by atoms with Gasteiger partial charge < -0.3 is 15.0 Å². The highest BCUT2D eigenvalue weighted by Crippen LogP contribution is 2.26. The highest BCUT2D eigenvalue weighted by molar-refractivity contribution is 9.10. The highest BCUT2D eigenvalue weighted by atomic mass is 79.9. The van der Waals surface area contributed by atoms with Crippen molar-refractivity contribution < 1.29 is 22.7 Å². The zero-order valence-electron chi connectivity index (χ0n) is 20.2. The lowest BCUT2D eigenvalue weighted by atomic mass is 10.1. The van der Waals surface area contributed by atoms with E-state index >= 15 is 0 Å². The molecule has 0 radical (unpaired) electrons. The van der Waals surface area contributed by atoms with Gasteiger partial charge in [-0.15, -0.1) is 0 Å².